The maximum atomic E-state index is 13.0. The second kappa shape index (κ2) is 4.90. The van der Waals surface area contributed by atoms with Crippen molar-refractivity contribution >= 4 is 18.7 Å². The molecule has 88 valence electrons. The molecule has 1 aromatic rings. The third-order valence-corrected chi connectivity index (χ3v) is 2.91. The van der Waals surface area contributed by atoms with Crippen LogP contribution >= 0.6 is 11.8 Å². The van der Waals surface area contributed by atoms with Crippen LogP contribution in [0.1, 0.15) is 0 Å². The molecule has 0 nitrogen and oxygen atoms in total. The minimum absolute atomic E-state index is 0.152. The monoisotopic (exact) mass is 253 g/mol. The largest absolute Gasteiger partial charge is 0.505 e. The van der Waals surface area contributed by atoms with Gasteiger partial charge in [-0.2, -0.15) is 0 Å². The van der Waals surface area contributed by atoms with Gasteiger partial charge in [0.2, 0.25) is 0 Å². The first-order valence-electron chi connectivity index (χ1n) is 4.26. The van der Waals surface area contributed by atoms with E-state index in [1.165, 1.54) is 0 Å². The molecule has 0 N–H and O–H groups in total. The van der Waals surface area contributed by atoms with Crippen LogP contribution in [0, 0.1) is 11.6 Å². The third kappa shape index (κ3) is 3.55. The summed E-state index contributed by atoms with van der Waals surface area (Å²) >= 11 is 0.577. The minimum Gasteiger partial charge on any atom is -0.445 e. The van der Waals surface area contributed by atoms with Crippen molar-refractivity contribution in [2.75, 3.05) is 5.75 Å². The highest BCUT2D eigenvalue weighted by atomic mass is 32.2. The van der Waals surface area contributed by atoms with Crippen molar-refractivity contribution < 1.29 is 21.7 Å². The van der Waals surface area contributed by atoms with Gasteiger partial charge in [0, 0.05) is 4.90 Å². The first-order chi connectivity index (χ1) is 7.30. The van der Waals surface area contributed by atoms with E-state index in [4.69, 9.17) is 0 Å². The molecule has 0 bridgehead atoms. The van der Waals surface area contributed by atoms with Gasteiger partial charge >= 0.3 is 6.98 Å². The van der Waals surface area contributed by atoms with Gasteiger partial charge in [0.25, 0.3) is 0 Å². The molecule has 0 aromatic heterocycles. The van der Waals surface area contributed by atoms with Gasteiger partial charge in [-0.1, -0.05) is 0 Å². The maximum Gasteiger partial charge on any atom is 0.505 e. The van der Waals surface area contributed by atoms with Gasteiger partial charge in [-0.25, -0.2) is 8.78 Å². The van der Waals surface area contributed by atoms with Crippen molar-refractivity contribution in [2.45, 2.75) is 4.90 Å². The van der Waals surface area contributed by atoms with Crippen LogP contribution in [0.25, 0.3) is 0 Å². The van der Waals surface area contributed by atoms with E-state index < -0.39 is 29.8 Å². The molecule has 0 saturated heterocycles. The molecule has 1 aromatic carbocycles. The summed E-state index contributed by atoms with van der Waals surface area (Å²) in [6.45, 7) is -2.26. The van der Waals surface area contributed by atoms with Crippen molar-refractivity contribution in [1.29, 1.82) is 0 Å². The van der Waals surface area contributed by atoms with Gasteiger partial charge < -0.3 is 12.9 Å². The smallest absolute Gasteiger partial charge is 0.445 e. The molecule has 0 aliphatic heterocycles. The minimum atomic E-state index is -5.12. The average molecular weight is 253 g/mol. The lowest BCUT2D eigenvalue weighted by atomic mass is 9.82. The normalized spacial score (nSPS) is 11.6. The molecule has 0 radical (unpaired) electrons. The average Bonchev–Trinajstić information content (AvgIpc) is 2.17. The molecule has 0 unspecified atom stereocenters. The summed E-state index contributed by atoms with van der Waals surface area (Å²) in [4.78, 5) is -0.152. The fraction of sp³-hybridized carbons (Fsp3) is 0.111. The lowest BCUT2D eigenvalue weighted by Gasteiger charge is -2.17. The van der Waals surface area contributed by atoms with E-state index in [0.717, 1.165) is 18.2 Å². The summed E-state index contributed by atoms with van der Waals surface area (Å²) in [6.07, 6.45) is 0. The molecular formula is C9H7BF5S-. The lowest BCUT2D eigenvalue weighted by Crippen LogP contribution is -2.20. The Morgan fingerprint density at radius 1 is 1.25 bits per heavy atom. The standard InChI is InChI=1S/C9H7BF5S/c1-6(10(13,14)15)5-16-9-4-7(11)2-3-8(9)12/h2-4H,1,5H2/q-1. The highest BCUT2D eigenvalue weighted by molar-refractivity contribution is 7.99. The molecule has 0 amide bonds. The Bertz CT molecular complexity index is 401. The Labute approximate surface area is 93.6 Å². The number of thioether (sulfide) groups is 1. The maximum absolute atomic E-state index is 13.0. The summed E-state index contributed by atoms with van der Waals surface area (Å²) in [7, 11) is 0. The zero-order valence-corrected chi connectivity index (χ0v) is 8.84. The Hall–Kier alpha value is -0.975. The van der Waals surface area contributed by atoms with Crippen molar-refractivity contribution in [2.24, 2.45) is 0 Å². The topological polar surface area (TPSA) is 0 Å². The van der Waals surface area contributed by atoms with Crippen LogP contribution in [0.3, 0.4) is 0 Å². The fourth-order valence-corrected chi connectivity index (χ4v) is 1.78. The van der Waals surface area contributed by atoms with E-state index in [1.807, 2.05) is 0 Å². The number of benzene rings is 1. The Kier molecular flexibility index (Phi) is 4.01. The molecule has 7 heteroatoms. The zero-order chi connectivity index (χ0) is 12.3. The lowest BCUT2D eigenvalue weighted by molar-refractivity contribution is 0.491. The number of hydrogen-bond acceptors (Lipinski definition) is 1. The first kappa shape index (κ1) is 13.1. The van der Waals surface area contributed by atoms with Crippen LogP contribution in [-0.4, -0.2) is 12.7 Å². The van der Waals surface area contributed by atoms with Gasteiger partial charge in [-0.3, -0.25) is 0 Å². The van der Waals surface area contributed by atoms with Gasteiger partial charge in [0.1, 0.15) is 11.6 Å². The molecule has 0 saturated carbocycles. The molecule has 16 heavy (non-hydrogen) atoms. The summed E-state index contributed by atoms with van der Waals surface area (Å²) in [6, 6.07) is 2.64. The second-order valence-electron chi connectivity index (χ2n) is 3.10. The number of rotatable bonds is 4. The van der Waals surface area contributed by atoms with E-state index in [2.05, 4.69) is 6.58 Å². The van der Waals surface area contributed by atoms with Crippen molar-refractivity contribution in [3.8, 4) is 0 Å². The molecule has 0 fully saturated rings. The van der Waals surface area contributed by atoms with E-state index in [0.29, 0.717) is 11.8 Å². The van der Waals surface area contributed by atoms with E-state index in [1.54, 1.807) is 0 Å². The molecule has 0 heterocycles. The molecule has 0 atom stereocenters. The number of halogens is 5. The summed E-state index contributed by atoms with van der Waals surface area (Å²) < 4.78 is 62.0. The van der Waals surface area contributed by atoms with Crippen LogP contribution in [-0.2, 0) is 0 Å². The van der Waals surface area contributed by atoms with Crippen LogP contribution in [0.4, 0.5) is 21.7 Å². The summed E-state index contributed by atoms with van der Waals surface area (Å²) in [5.41, 5.74) is -0.923. The Morgan fingerprint density at radius 2 is 1.88 bits per heavy atom. The molecule has 0 aliphatic carbocycles. The summed E-state index contributed by atoms with van der Waals surface area (Å²) in [5.74, 6) is -1.93. The summed E-state index contributed by atoms with van der Waals surface area (Å²) in [5, 5.41) is 0. The van der Waals surface area contributed by atoms with Crippen molar-refractivity contribution in [3.05, 3.63) is 41.9 Å². The van der Waals surface area contributed by atoms with Gasteiger partial charge in [-0.15, -0.1) is 23.8 Å². The molecule has 0 aliphatic rings. The van der Waals surface area contributed by atoms with Crippen molar-refractivity contribution in [3.63, 3.8) is 0 Å². The van der Waals surface area contributed by atoms with Gasteiger partial charge in [0.15, 0.2) is 0 Å². The van der Waals surface area contributed by atoms with E-state index >= 15 is 0 Å². The van der Waals surface area contributed by atoms with Gasteiger partial charge in [0.05, 0.1) is 0 Å². The van der Waals surface area contributed by atoms with E-state index in [-0.39, 0.29) is 4.90 Å². The van der Waals surface area contributed by atoms with Gasteiger partial charge in [-0.05, 0) is 24.0 Å². The predicted molar refractivity (Wildman–Crippen MR) is 55.3 cm³/mol. The second-order valence-corrected chi connectivity index (χ2v) is 4.11. The first-order valence-corrected chi connectivity index (χ1v) is 5.24. The number of hydrogen-bond donors (Lipinski definition) is 0. The molecule has 0 spiro atoms. The highest BCUT2D eigenvalue weighted by Crippen LogP contribution is 2.28. The molecule has 1 rings (SSSR count). The fourth-order valence-electron chi connectivity index (χ4n) is 0.853. The van der Waals surface area contributed by atoms with Crippen LogP contribution in [0.15, 0.2) is 35.1 Å². The van der Waals surface area contributed by atoms with E-state index in [9.17, 15) is 21.7 Å². The van der Waals surface area contributed by atoms with Crippen molar-refractivity contribution in [1.82, 2.24) is 0 Å². The SMILES string of the molecule is C=C(CSc1cc(F)ccc1F)[B-](F)(F)F. The Morgan fingerprint density at radius 3 is 2.44 bits per heavy atom. The van der Waals surface area contributed by atoms with Crippen LogP contribution in [0.2, 0.25) is 0 Å². The molecular weight excluding hydrogens is 246 g/mol. The quantitative estimate of drug-likeness (QED) is 0.444. The van der Waals surface area contributed by atoms with Crippen LogP contribution in [0.5, 0.6) is 0 Å². The highest BCUT2D eigenvalue weighted by Gasteiger charge is 2.26. The zero-order valence-electron chi connectivity index (χ0n) is 8.02. The van der Waals surface area contributed by atoms with Crippen LogP contribution < -0.4 is 0 Å². The third-order valence-electron chi connectivity index (χ3n) is 1.77. The Balaban J connectivity index is 2.68. The predicted octanol–water partition coefficient (Wildman–Crippen LogP) is 4.00.